The molecule has 0 aliphatic carbocycles. The Hall–Kier alpha value is -1.34. The summed E-state index contributed by atoms with van der Waals surface area (Å²) >= 11 is 0. The Morgan fingerprint density at radius 1 is 1.56 bits per heavy atom. The van der Waals surface area contributed by atoms with Gasteiger partial charge in [0.1, 0.15) is 6.04 Å². The molecule has 0 aromatic heterocycles. The maximum Gasteiger partial charge on any atom is 0.326 e. The molecule has 1 rings (SSSR count). The van der Waals surface area contributed by atoms with Gasteiger partial charge in [-0.25, -0.2) is 9.59 Å². The highest BCUT2D eigenvalue weighted by atomic mass is 16.5. The zero-order valence-electron chi connectivity index (χ0n) is 10.6. The Balaban J connectivity index is 2.61. The third-order valence-corrected chi connectivity index (χ3v) is 3.01. The van der Waals surface area contributed by atoms with Crippen LogP contribution < -0.4 is 5.32 Å². The number of nitrogens with zero attached hydrogens (tertiary/aromatic N) is 1. The Morgan fingerprint density at radius 3 is 2.72 bits per heavy atom. The van der Waals surface area contributed by atoms with Crippen LogP contribution in [0.25, 0.3) is 0 Å². The van der Waals surface area contributed by atoms with Gasteiger partial charge in [0.05, 0.1) is 18.8 Å². The van der Waals surface area contributed by atoms with Gasteiger partial charge in [0, 0.05) is 20.1 Å². The number of hydrogen-bond acceptors (Lipinski definition) is 4. The lowest BCUT2D eigenvalue weighted by Crippen LogP contribution is -2.50. The average Bonchev–Trinajstić information content (AvgIpc) is 2.71. The molecule has 1 heterocycles. The lowest BCUT2D eigenvalue weighted by molar-refractivity contribution is -0.141. The van der Waals surface area contributed by atoms with Crippen LogP contribution in [0, 0.1) is 0 Å². The molecule has 0 aromatic carbocycles. The van der Waals surface area contributed by atoms with Crippen LogP contribution in [-0.2, 0) is 9.53 Å². The van der Waals surface area contributed by atoms with Crippen molar-refractivity contribution >= 4 is 12.0 Å². The minimum atomic E-state index is -1.10. The topological polar surface area (TPSA) is 99.1 Å². The number of aliphatic hydroxyl groups is 1. The van der Waals surface area contributed by atoms with Crippen LogP contribution in [0.5, 0.6) is 0 Å². The number of carbonyl (C=O) groups excluding carboxylic acids is 1. The Bertz CT molecular complexity index is 310. The molecular formula is C11H20N2O5. The van der Waals surface area contributed by atoms with Gasteiger partial charge >= 0.3 is 12.0 Å². The van der Waals surface area contributed by atoms with Gasteiger partial charge in [-0.05, 0) is 6.42 Å². The van der Waals surface area contributed by atoms with E-state index in [1.165, 1.54) is 7.11 Å². The van der Waals surface area contributed by atoms with Gasteiger partial charge in [0.25, 0.3) is 0 Å². The first-order valence-corrected chi connectivity index (χ1v) is 5.96. The number of likely N-dealkylation sites (tertiary alicyclic amines) is 1. The highest BCUT2D eigenvalue weighted by molar-refractivity contribution is 5.83. The van der Waals surface area contributed by atoms with E-state index in [2.05, 4.69) is 5.32 Å². The standard InChI is InChI=1S/C11H20N2O5/c1-3-7(6-18-2)12-11(17)13-5-8(14)4-9(13)10(15)16/h7-9,14H,3-6H2,1-2H3,(H,12,17)(H,15,16)/t7?,8-,9-/m0/s1. The Labute approximate surface area is 106 Å². The zero-order chi connectivity index (χ0) is 13.7. The molecule has 0 spiro atoms. The summed E-state index contributed by atoms with van der Waals surface area (Å²) in [6.45, 7) is 2.32. The van der Waals surface area contributed by atoms with E-state index in [1.807, 2.05) is 6.92 Å². The number of carboxylic acids is 1. The van der Waals surface area contributed by atoms with Gasteiger partial charge < -0.3 is 25.2 Å². The van der Waals surface area contributed by atoms with Crippen molar-refractivity contribution in [3.05, 3.63) is 0 Å². The van der Waals surface area contributed by atoms with Crippen molar-refractivity contribution in [3.63, 3.8) is 0 Å². The third kappa shape index (κ3) is 3.58. The van der Waals surface area contributed by atoms with Gasteiger partial charge in [-0.2, -0.15) is 0 Å². The fourth-order valence-corrected chi connectivity index (χ4v) is 1.99. The highest BCUT2D eigenvalue weighted by Gasteiger charge is 2.39. The molecule has 0 aromatic rings. The quantitative estimate of drug-likeness (QED) is 0.627. The smallest absolute Gasteiger partial charge is 0.326 e. The van der Waals surface area contributed by atoms with Gasteiger partial charge in [-0.3, -0.25) is 0 Å². The average molecular weight is 260 g/mol. The third-order valence-electron chi connectivity index (χ3n) is 3.01. The minimum Gasteiger partial charge on any atom is -0.480 e. The molecule has 0 bridgehead atoms. The summed E-state index contributed by atoms with van der Waals surface area (Å²) in [5.41, 5.74) is 0. The van der Waals surface area contributed by atoms with Crippen molar-refractivity contribution in [2.75, 3.05) is 20.3 Å². The fourth-order valence-electron chi connectivity index (χ4n) is 1.99. The number of amides is 2. The number of β-amino-alcohol motifs (C(OH)–C–C–N with tert-alkyl or cyclic N) is 1. The largest absolute Gasteiger partial charge is 0.480 e. The molecule has 1 aliphatic heterocycles. The van der Waals surface area contributed by atoms with Crippen LogP contribution in [-0.4, -0.2) is 65.6 Å². The first kappa shape index (κ1) is 14.7. The molecule has 18 heavy (non-hydrogen) atoms. The molecule has 0 radical (unpaired) electrons. The number of aliphatic carboxylic acids is 1. The zero-order valence-corrected chi connectivity index (χ0v) is 10.6. The molecule has 1 aliphatic rings. The normalized spacial score (nSPS) is 24.9. The summed E-state index contributed by atoms with van der Waals surface area (Å²) in [5, 5.41) is 21.1. The number of hydrogen-bond donors (Lipinski definition) is 3. The fraction of sp³-hybridized carbons (Fsp3) is 0.818. The van der Waals surface area contributed by atoms with Crippen molar-refractivity contribution < 1.29 is 24.5 Å². The lowest BCUT2D eigenvalue weighted by Gasteiger charge is -2.25. The highest BCUT2D eigenvalue weighted by Crippen LogP contribution is 2.18. The summed E-state index contributed by atoms with van der Waals surface area (Å²) < 4.78 is 4.95. The van der Waals surface area contributed by atoms with Crippen molar-refractivity contribution in [2.24, 2.45) is 0 Å². The number of aliphatic hydroxyl groups excluding tert-OH is 1. The predicted molar refractivity (Wildman–Crippen MR) is 63.2 cm³/mol. The van der Waals surface area contributed by atoms with E-state index in [-0.39, 0.29) is 19.0 Å². The van der Waals surface area contributed by atoms with Crippen molar-refractivity contribution in [3.8, 4) is 0 Å². The maximum absolute atomic E-state index is 11.9. The van der Waals surface area contributed by atoms with E-state index in [9.17, 15) is 14.7 Å². The molecule has 7 nitrogen and oxygen atoms in total. The maximum atomic E-state index is 11.9. The van der Waals surface area contributed by atoms with Crippen LogP contribution in [0.15, 0.2) is 0 Å². The molecule has 0 saturated carbocycles. The Kier molecular flexibility index (Phi) is 5.36. The first-order valence-electron chi connectivity index (χ1n) is 5.96. The van der Waals surface area contributed by atoms with Crippen LogP contribution >= 0.6 is 0 Å². The summed E-state index contributed by atoms with van der Waals surface area (Å²) in [7, 11) is 1.54. The number of carboxylic acid groups (broad SMARTS) is 1. The second-order valence-corrected chi connectivity index (χ2v) is 4.41. The number of rotatable bonds is 5. The van der Waals surface area contributed by atoms with Crippen LogP contribution in [0.1, 0.15) is 19.8 Å². The molecule has 3 N–H and O–H groups in total. The number of nitrogens with one attached hydrogen (secondary N) is 1. The van der Waals surface area contributed by atoms with Gasteiger partial charge in [0.15, 0.2) is 0 Å². The molecule has 104 valence electrons. The first-order chi connectivity index (χ1) is 8.49. The molecule has 1 unspecified atom stereocenters. The van der Waals surface area contributed by atoms with Crippen molar-refractivity contribution in [2.45, 2.75) is 38.0 Å². The predicted octanol–water partition coefficient (Wildman–Crippen LogP) is -0.359. The number of urea groups is 1. The van der Waals surface area contributed by atoms with Crippen LogP contribution in [0.2, 0.25) is 0 Å². The van der Waals surface area contributed by atoms with Crippen LogP contribution in [0.3, 0.4) is 0 Å². The van der Waals surface area contributed by atoms with E-state index < -0.39 is 24.1 Å². The molecule has 2 amide bonds. The Morgan fingerprint density at radius 2 is 2.22 bits per heavy atom. The van der Waals surface area contributed by atoms with E-state index in [4.69, 9.17) is 9.84 Å². The minimum absolute atomic E-state index is 0.0478. The van der Waals surface area contributed by atoms with E-state index in [0.717, 1.165) is 4.90 Å². The molecule has 7 heteroatoms. The second-order valence-electron chi connectivity index (χ2n) is 4.41. The molecular weight excluding hydrogens is 240 g/mol. The van der Waals surface area contributed by atoms with Gasteiger partial charge in [-0.15, -0.1) is 0 Å². The van der Waals surface area contributed by atoms with E-state index in [0.29, 0.717) is 13.0 Å². The SMILES string of the molecule is CCC(COC)NC(=O)N1C[C@@H](O)C[C@H]1C(=O)O. The summed E-state index contributed by atoms with van der Waals surface area (Å²) in [6.07, 6.45) is -0.0169. The number of ether oxygens (including phenoxy) is 1. The number of carbonyl (C=O) groups is 2. The van der Waals surface area contributed by atoms with Gasteiger partial charge in [0.2, 0.25) is 0 Å². The van der Waals surface area contributed by atoms with Crippen molar-refractivity contribution in [1.29, 1.82) is 0 Å². The van der Waals surface area contributed by atoms with E-state index in [1.54, 1.807) is 0 Å². The number of methoxy groups -OCH3 is 1. The summed E-state index contributed by atoms with van der Waals surface area (Å²) in [6, 6.07) is -1.59. The van der Waals surface area contributed by atoms with E-state index >= 15 is 0 Å². The monoisotopic (exact) mass is 260 g/mol. The van der Waals surface area contributed by atoms with Crippen LogP contribution in [0.4, 0.5) is 4.79 Å². The summed E-state index contributed by atoms with van der Waals surface area (Å²) in [4.78, 5) is 24.1. The molecule has 3 atom stereocenters. The molecule has 1 saturated heterocycles. The second kappa shape index (κ2) is 6.55. The van der Waals surface area contributed by atoms with Crippen molar-refractivity contribution in [1.82, 2.24) is 10.2 Å². The molecule has 1 fully saturated rings. The lowest BCUT2D eigenvalue weighted by atomic mass is 10.2. The summed E-state index contributed by atoms with van der Waals surface area (Å²) in [5.74, 6) is -1.10. The van der Waals surface area contributed by atoms with Gasteiger partial charge in [-0.1, -0.05) is 6.92 Å².